The number of carboxylic acids is 1. The topological polar surface area (TPSA) is 89.8 Å². The number of aliphatic carboxylic acids is 1. The third-order valence-electron chi connectivity index (χ3n) is 7.03. The van der Waals surface area contributed by atoms with Gasteiger partial charge in [0.25, 0.3) is 0 Å². The van der Waals surface area contributed by atoms with Crippen LogP contribution < -0.4 is 5.32 Å². The van der Waals surface area contributed by atoms with E-state index in [4.69, 9.17) is 0 Å². The zero-order valence-corrected chi connectivity index (χ0v) is 22.0. The third-order valence-corrected chi connectivity index (χ3v) is 7.03. The summed E-state index contributed by atoms with van der Waals surface area (Å²) in [5.41, 5.74) is 0.459. The maximum absolute atomic E-state index is 12.0. The van der Waals surface area contributed by atoms with Crippen molar-refractivity contribution in [3.63, 3.8) is 0 Å². The summed E-state index contributed by atoms with van der Waals surface area (Å²) in [7, 11) is 0. The molecule has 0 spiro atoms. The van der Waals surface area contributed by atoms with Gasteiger partial charge >= 0.3 is 5.97 Å². The Labute approximate surface area is 208 Å². The largest absolute Gasteiger partial charge is 0.481 e. The fourth-order valence-electron chi connectivity index (χ4n) is 4.70. The molecule has 5 heteroatoms. The molecule has 0 bridgehead atoms. The monoisotopic (exact) mass is 477 g/mol. The van der Waals surface area contributed by atoms with Crippen LogP contribution in [0.25, 0.3) is 0 Å². The summed E-state index contributed by atoms with van der Waals surface area (Å²) in [5.74, 6) is -0.121. The zero-order chi connectivity index (χ0) is 25.2. The van der Waals surface area contributed by atoms with Gasteiger partial charge in [0.05, 0.1) is 18.1 Å². The molecule has 0 aliphatic carbocycles. The molecule has 0 aromatic heterocycles. The van der Waals surface area contributed by atoms with Gasteiger partial charge in [-0.3, -0.25) is 4.79 Å². The lowest BCUT2D eigenvalue weighted by molar-refractivity contribution is -0.145. The minimum absolute atomic E-state index is 0.000404. The summed E-state index contributed by atoms with van der Waals surface area (Å²) in [6.45, 7) is 6.90. The smallest absolute Gasteiger partial charge is 0.314 e. The molecule has 1 aromatic carbocycles. The Morgan fingerprint density at radius 1 is 0.882 bits per heavy atom. The molecular formula is C29H51NO4. The summed E-state index contributed by atoms with van der Waals surface area (Å²) in [5, 5.41) is 32.3. The van der Waals surface area contributed by atoms with Gasteiger partial charge in [-0.05, 0) is 42.9 Å². The van der Waals surface area contributed by atoms with E-state index in [1.807, 2.05) is 24.3 Å². The lowest BCUT2D eigenvalue weighted by Crippen LogP contribution is -2.39. The Morgan fingerprint density at radius 2 is 1.38 bits per heavy atom. The Hall–Kier alpha value is -1.59. The van der Waals surface area contributed by atoms with Gasteiger partial charge in [0.2, 0.25) is 0 Å². The van der Waals surface area contributed by atoms with Gasteiger partial charge in [0.15, 0.2) is 0 Å². The standard InChI is InChI=1S/C29H51NO4/c1-4-29(28(33)34,22-27(32)23-31)25-17-19-26(20-18-25)30-21-15-13-11-9-7-5-6-8-10-12-14-16-24(2)3/h17-20,24,27,30-32H,4-16,21-23H2,1-3H3,(H,33,34). The van der Waals surface area contributed by atoms with Crippen LogP contribution in [-0.2, 0) is 10.2 Å². The van der Waals surface area contributed by atoms with Crippen molar-refractivity contribution in [3.05, 3.63) is 29.8 Å². The molecule has 5 nitrogen and oxygen atoms in total. The van der Waals surface area contributed by atoms with Crippen LogP contribution in [0.3, 0.4) is 0 Å². The van der Waals surface area contributed by atoms with Crippen molar-refractivity contribution in [1.29, 1.82) is 0 Å². The molecule has 2 unspecified atom stereocenters. The highest BCUT2D eigenvalue weighted by Crippen LogP contribution is 2.34. The SMILES string of the molecule is CCC(CC(O)CO)(C(=O)O)c1ccc(NCCCCCCCCCCCCCC(C)C)cc1. The molecule has 0 aliphatic rings. The quantitative estimate of drug-likeness (QED) is 0.144. The van der Waals surface area contributed by atoms with Gasteiger partial charge in [-0.25, -0.2) is 0 Å². The second-order valence-electron chi connectivity index (χ2n) is 10.4. The molecule has 1 aromatic rings. The average molecular weight is 478 g/mol. The predicted molar refractivity (Wildman–Crippen MR) is 142 cm³/mol. The fraction of sp³-hybridized carbons (Fsp3) is 0.759. The minimum Gasteiger partial charge on any atom is -0.481 e. The number of nitrogens with one attached hydrogen (secondary N) is 1. The minimum atomic E-state index is -1.19. The molecule has 196 valence electrons. The van der Waals surface area contributed by atoms with Crippen LogP contribution in [0.2, 0.25) is 0 Å². The first-order valence-electron chi connectivity index (χ1n) is 13.7. The number of carbonyl (C=O) groups is 1. The molecule has 2 atom stereocenters. The maximum atomic E-state index is 12.0. The molecule has 0 heterocycles. The molecule has 4 N–H and O–H groups in total. The lowest BCUT2D eigenvalue weighted by Gasteiger charge is -2.30. The first-order chi connectivity index (χ1) is 16.4. The van der Waals surface area contributed by atoms with Crippen LogP contribution in [0.1, 0.15) is 116 Å². The maximum Gasteiger partial charge on any atom is 0.314 e. The van der Waals surface area contributed by atoms with Crippen LogP contribution in [0, 0.1) is 5.92 Å². The summed E-state index contributed by atoms with van der Waals surface area (Å²) in [4.78, 5) is 12.0. The molecule has 0 fully saturated rings. The van der Waals surface area contributed by atoms with Gasteiger partial charge < -0.3 is 20.6 Å². The first kappa shape index (κ1) is 30.4. The normalized spacial score (nSPS) is 14.2. The highest BCUT2D eigenvalue weighted by molar-refractivity contribution is 5.81. The molecule has 0 saturated carbocycles. The third kappa shape index (κ3) is 11.7. The Balaban J connectivity index is 2.19. The number of carboxylic acid groups (broad SMARTS) is 1. The van der Waals surface area contributed by atoms with E-state index in [2.05, 4.69) is 19.2 Å². The van der Waals surface area contributed by atoms with Crippen molar-refractivity contribution in [1.82, 2.24) is 0 Å². The van der Waals surface area contributed by atoms with E-state index in [-0.39, 0.29) is 6.42 Å². The predicted octanol–water partition coefficient (Wildman–Crippen LogP) is 6.91. The number of benzene rings is 1. The molecule has 0 aliphatic heterocycles. The number of aliphatic hydroxyl groups excluding tert-OH is 2. The Morgan fingerprint density at radius 3 is 1.82 bits per heavy atom. The number of hydrogen-bond donors (Lipinski definition) is 4. The van der Waals surface area contributed by atoms with E-state index in [0.29, 0.717) is 12.0 Å². The van der Waals surface area contributed by atoms with E-state index in [0.717, 1.165) is 24.6 Å². The average Bonchev–Trinajstić information content (AvgIpc) is 2.82. The number of rotatable bonds is 21. The van der Waals surface area contributed by atoms with Crippen molar-refractivity contribution in [2.45, 2.75) is 122 Å². The number of unbranched alkanes of at least 4 members (excludes halogenated alkanes) is 10. The lowest BCUT2D eigenvalue weighted by atomic mass is 9.74. The molecule has 0 saturated heterocycles. The van der Waals surface area contributed by atoms with E-state index < -0.39 is 24.1 Å². The van der Waals surface area contributed by atoms with Crippen LogP contribution in [0.5, 0.6) is 0 Å². The second kappa shape index (κ2) is 17.8. The highest BCUT2D eigenvalue weighted by Gasteiger charge is 2.40. The van der Waals surface area contributed by atoms with Gasteiger partial charge in [-0.1, -0.05) is 104 Å². The van der Waals surface area contributed by atoms with Crippen LogP contribution in [0.15, 0.2) is 24.3 Å². The molecule has 0 amide bonds. The molecule has 1 rings (SSSR count). The van der Waals surface area contributed by atoms with Crippen molar-refractivity contribution in [2.75, 3.05) is 18.5 Å². The van der Waals surface area contributed by atoms with Gasteiger partial charge in [0.1, 0.15) is 0 Å². The van der Waals surface area contributed by atoms with Gasteiger partial charge in [0, 0.05) is 12.2 Å². The van der Waals surface area contributed by atoms with Crippen LogP contribution in [0.4, 0.5) is 5.69 Å². The first-order valence-corrected chi connectivity index (χ1v) is 13.7. The second-order valence-corrected chi connectivity index (χ2v) is 10.4. The zero-order valence-electron chi connectivity index (χ0n) is 22.0. The van der Waals surface area contributed by atoms with E-state index in [9.17, 15) is 20.1 Å². The van der Waals surface area contributed by atoms with Crippen molar-refractivity contribution < 1.29 is 20.1 Å². The number of aliphatic hydroxyl groups is 2. The summed E-state index contributed by atoms with van der Waals surface area (Å²) < 4.78 is 0. The van der Waals surface area contributed by atoms with E-state index in [1.54, 1.807) is 6.92 Å². The molecule has 34 heavy (non-hydrogen) atoms. The number of hydrogen-bond acceptors (Lipinski definition) is 4. The van der Waals surface area contributed by atoms with E-state index in [1.165, 1.54) is 70.6 Å². The summed E-state index contributed by atoms with van der Waals surface area (Å²) in [6, 6.07) is 7.48. The molecule has 0 radical (unpaired) electrons. The Bertz CT molecular complexity index is 646. The van der Waals surface area contributed by atoms with Crippen LogP contribution >= 0.6 is 0 Å². The summed E-state index contributed by atoms with van der Waals surface area (Å²) in [6.07, 6.45) is 15.4. The van der Waals surface area contributed by atoms with Crippen molar-refractivity contribution >= 4 is 11.7 Å². The van der Waals surface area contributed by atoms with Gasteiger partial charge in [-0.2, -0.15) is 0 Å². The summed E-state index contributed by atoms with van der Waals surface area (Å²) >= 11 is 0. The fourth-order valence-corrected chi connectivity index (χ4v) is 4.70. The Kier molecular flexibility index (Phi) is 15.9. The number of anilines is 1. The van der Waals surface area contributed by atoms with Crippen molar-refractivity contribution in [2.24, 2.45) is 5.92 Å². The molecular weight excluding hydrogens is 426 g/mol. The van der Waals surface area contributed by atoms with Crippen LogP contribution in [-0.4, -0.2) is 40.5 Å². The van der Waals surface area contributed by atoms with Crippen molar-refractivity contribution in [3.8, 4) is 0 Å². The van der Waals surface area contributed by atoms with Gasteiger partial charge in [-0.15, -0.1) is 0 Å². The highest BCUT2D eigenvalue weighted by atomic mass is 16.4. The van der Waals surface area contributed by atoms with E-state index >= 15 is 0 Å².